The van der Waals surface area contributed by atoms with Crippen LogP contribution in [0, 0.1) is 6.92 Å². The van der Waals surface area contributed by atoms with E-state index in [-0.39, 0.29) is 11.5 Å². The SMILES string of the molecule is Cc1nnc(SCC(=O)c2ccc(Cl)cc2)n1-c1ccc2c(c1)OCCO2. The van der Waals surface area contributed by atoms with Gasteiger partial charge in [-0.1, -0.05) is 23.4 Å². The zero-order valence-electron chi connectivity index (χ0n) is 14.5. The summed E-state index contributed by atoms with van der Waals surface area (Å²) in [6.45, 7) is 2.94. The first-order valence-electron chi connectivity index (χ1n) is 8.35. The van der Waals surface area contributed by atoms with Crippen LogP contribution in [-0.4, -0.2) is 39.5 Å². The highest BCUT2D eigenvalue weighted by Crippen LogP contribution is 2.33. The quantitative estimate of drug-likeness (QED) is 0.476. The lowest BCUT2D eigenvalue weighted by molar-refractivity contribution is 0.102. The van der Waals surface area contributed by atoms with Gasteiger partial charge in [0.15, 0.2) is 22.4 Å². The molecule has 27 heavy (non-hydrogen) atoms. The molecule has 0 unspecified atom stereocenters. The highest BCUT2D eigenvalue weighted by Gasteiger charge is 2.17. The maximum absolute atomic E-state index is 12.4. The number of Topliss-reactive ketones (excluding diaryl/α,β-unsaturated/α-hetero) is 1. The van der Waals surface area contributed by atoms with Crippen molar-refractivity contribution in [1.29, 1.82) is 0 Å². The van der Waals surface area contributed by atoms with Gasteiger partial charge < -0.3 is 9.47 Å². The highest BCUT2D eigenvalue weighted by molar-refractivity contribution is 7.99. The smallest absolute Gasteiger partial charge is 0.196 e. The van der Waals surface area contributed by atoms with Crippen LogP contribution in [0.15, 0.2) is 47.6 Å². The fourth-order valence-electron chi connectivity index (χ4n) is 2.75. The van der Waals surface area contributed by atoms with Gasteiger partial charge in [-0.3, -0.25) is 9.36 Å². The molecule has 0 saturated carbocycles. The van der Waals surface area contributed by atoms with Gasteiger partial charge in [-0.15, -0.1) is 10.2 Å². The van der Waals surface area contributed by atoms with Gasteiger partial charge in [-0.2, -0.15) is 0 Å². The lowest BCUT2D eigenvalue weighted by atomic mass is 10.1. The number of ketones is 1. The lowest BCUT2D eigenvalue weighted by Gasteiger charge is -2.19. The molecule has 1 aliphatic heterocycles. The Labute approximate surface area is 165 Å². The number of hydrogen-bond acceptors (Lipinski definition) is 6. The Hall–Kier alpha value is -2.51. The van der Waals surface area contributed by atoms with Crippen LogP contribution in [0.1, 0.15) is 16.2 Å². The van der Waals surface area contributed by atoms with Gasteiger partial charge in [0.25, 0.3) is 0 Å². The van der Waals surface area contributed by atoms with Crippen molar-refractivity contribution >= 4 is 29.1 Å². The van der Waals surface area contributed by atoms with Crippen LogP contribution in [-0.2, 0) is 0 Å². The minimum Gasteiger partial charge on any atom is -0.486 e. The average molecular weight is 402 g/mol. The fraction of sp³-hybridized carbons (Fsp3) is 0.211. The van der Waals surface area contributed by atoms with E-state index in [1.54, 1.807) is 24.3 Å². The number of thioether (sulfide) groups is 1. The van der Waals surface area contributed by atoms with Crippen molar-refractivity contribution < 1.29 is 14.3 Å². The number of carbonyl (C=O) groups excluding carboxylic acids is 1. The molecule has 8 heteroatoms. The van der Waals surface area contributed by atoms with Crippen LogP contribution in [0.25, 0.3) is 5.69 Å². The van der Waals surface area contributed by atoms with Crippen LogP contribution in [0.4, 0.5) is 0 Å². The number of hydrogen-bond donors (Lipinski definition) is 0. The van der Waals surface area contributed by atoms with Crippen LogP contribution in [0.2, 0.25) is 5.02 Å². The van der Waals surface area contributed by atoms with Gasteiger partial charge in [-0.25, -0.2) is 0 Å². The van der Waals surface area contributed by atoms with E-state index in [0.29, 0.717) is 34.7 Å². The molecule has 0 N–H and O–H groups in total. The number of ether oxygens (including phenoxy) is 2. The summed E-state index contributed by atoms with van der Waals surface area (Å²) in [6, 6.07) is 12.6. The van der Waals surface area contributed by atoms with Gasteiger partial charge in [0.2, 0.25) is 0 Å². The summed E-state index contributed by atoms with van der Waals surface area (Å²) < 4.78 is 13.1. The average Bonchev–Trinajstić information content (AvgIpc) is 3.06. The maximum atomic E-state index is 12.4. The fourth-order valence-corrected chi connectivity index (χ4v) is 3.77. The number of nitrogens with zero attached hydrogens (tertiary/aromatic N) is 3. The molecule has 2 heterocycles. The summed E-state index contributed by atoms with van der Waals surface area (Å²) in [4.78, 5) is 12.4. The van der Waals surface area contributed by atoms with Gasteiger partial charge in [0.05, 0.1) is 11.4 Å². The molecule has 2 aromatic carbocycles. The van der Waals surface area contributed by atoms with Crippen LogP contribution in [0.3, 0.4) is 0 Å². The molecule has 0 radical (unpaired) electrons. The number of aryl methyl sites for hydroxylation is 1. The van der Waals surface area contributed by atoms with Crippen LogP contribution >= 0.6 is 23.4 Å². The molecule has 0 saturated heterocycles. The van der Waals surface area contributed by atoms with E-state index in [1.807, 2.05) is 29.7 Å². The molecule has 1 aromatic heterocycles. The number of halogens is 1. The van der Waals surface area contributed by atoms with Crippen LogP contribution in [0.5, 0.6) is 11.5 Å². The van der Waals surface area contributed by atoms with E-state index in [0.717, 1.165) is 17.3 Å². The molecule has 0 amide bonds. The van der Waals surface area contributed by atoms with E-state index in [9.17, 15) is 4.79 Å². The molecule has 0 atom stereocenters. The van der Waals surface area contributed by atoms with E-state index in [1.165, 1.54) is 11.8 Å². The molecule has 4 rings (SSSR count). The molecule has 138 valence electrons. The highest BCUT2D eigenvalue weighted by atomic mass is 35.5. The van der Waals surface area contributed by atoms with Crippen molar-refractivity contribution in [2.75, 3.05) is 19.0 Å². The third-order valence-corrected chi connectivity index (χ3v) is 5.26. The Bertz CT molecular complexity index is 988. The zero-order valence-corrected chi connectivity index (χ0v) is 16.1. The molecule has 6 nitrogen and oxygen atoms in total. The largest absolute Gasteiger partial charge is 0.486 e. The molecule has 3 aromatic rings. The van der Waals surface area contributed by atoms with Crippen molar-refractivity contribution in [3.63, 3.8) is 0 Å². The molecule has 1 aliphatic rings. The minimum absolute atomic E-state index is 0.00560. The second kappa shape index (κ2) is 7.62. The first-order chi connectivity index (χ1) is 13.1. The predicted octanol–water partition coefficient (Wildman–Crippen LogP) is 3.98. The minimum atomic E-state index is 0.00560. The molecule has 0 fully saturated rings. The molecule has 0 spiro atoms. The summed E-state index contributed by atoms with van der Waals surface area (Å²) in [5, 5.41) is 9.62. The topological polar surface area (TPSA) is 66.2 Å². The Morgan fingerprint density at radius 2 is 1.85 bits per heavy atom. The van der Waals surface area contributed by atoms with Gasteiger partial charge >= 0.3 is 0 Å². The zero-order chi connectivity index (χ0) is 18.8. The monoisotopic (exact) mass is 401 g/mol. The maximum Gasteiger partial charge on any atom is 0.196 e. The first kappa shape index (κ1) is 17.9. The molecule has 0 aliphatic carbocycles. The Morgan fingerprint density at radius 1 is 1.11 bits per heavy atom. The standard InChI is InChI=1S/C19H16ClN3O3S/c1-12-21-22-19(27-11-16(24)13-2-4-14(20)5-3-13)23(12)15-6-7-17-18(10-15)26-9-8-25-17/h2-7,10H,8-9,11H2,1H3. The first-order valence-corrected chi connectivity index (χ1v) is 9.72. The number of fused-ring (bicyclic) bond motifs is 1. The number of carbonyl (C=O) groups is 1. The van der Waals surface area contributed by atoms with E-state index >= 15 is 0 Å². The summed E-state index contributed by atoms with van der Waals surface area (Å²) in [5.74, 6) is 2.41. The van der Waals surface area contributed by atoms with Gasteiger partial charge in [-0.05, 0) is 43.3 Å². The third kappa shape index (κ3) is 3.79. The summed E-state index contributed by atoms with van der Waals surface area (Å²) >= 11 is 7.22. The number of rotatable bonds is 5. The lowest BCUT2D eigenvalue weighted by Crippen LogP contribution is -2.15. The summed E-state index contributed by atoms with van der Waals surface area (Å²) in [6.07, 6.45) is 0. The van der Waals surface area contributed by atoms with Crippen LogP contribution < -0.4 is 9.47 Å². The summed E-state index contributed by atoms with van der Waals surface area (Å²) in [5.41, 5.74) is 1.48. The Morgan fingerprint density at radius 3 is 2.63 bits per heavy atom. The van der Waals surface area contributed by atoms with Crippen molar-refractivity contribution in [3.05, 3.63) is 58.9 Å². The Kier molecular flexibility index (Phi) is 5.05. The van der Waals surface area contributed by atoms with Crippen molar-refractivity contribution in [1.82, 2.24) is 14.8 Å². The van der Waals surface area contributed by atoms with Gasteiger partial charge in [0.1, 0.15) is 19.0 Å². The molecular weight excluding hydrogens is 386 g/mol. The van der Waals surface area contributed by atoms with Crippen molar-refractivity contribution in [2.45, 2.75) is 12.1 Å². The molecule has 0 bridgehead atoms. The van der Waals surface area contributed by atoms with E-state index < -0.39 is 0 Å². The Balaban J connectivity index is 1.55. The second-order valence-electron chi connectivity index (χ2n) is 5.91. The van der Waals surface area contributed by atoms with E-state index in [4.69, 9.17) is 21.1 Å². The molecular formula is C19H16ClN3O3S. The summed E-state index contributed by atoms with van der Waals surface area (Å²) in [7, 11) is 0. The van der Waals surface area contributed by atoms with Crippen molar-refractivity contribution in [3.8, 4) is 17.2 Å². The van der Waals surface area contributed by atoms with Gasteiger partial charge in [0, 0.05) is 16.7 Å². The predicted molar refractivity (Wildman–Crippen MR) is 104 cm³/mol. The third-order valence-electron chi connectivity index (χ3n) is 4.08. The van der Waals surface area contributed by atoms with E-state index in [2.05, 4.69) is 10.2 Å². The normalized spacial score (nSPS) is 12.8. The second-order valence-corrected chi connectivity index (χ2v) is 7.29. The van der Waals surface area contributed by atoms with Crippen molar-refractivity contribution in [2.24, 2.45) is 0 Å². The number of benzene rings is 2. The number of aromatic nitrogens is 3.